The van der Waals surface area contributed by atoms with Crippen molar-refractivity contribution in [2.75, 3.05) is 32.8 Å². The summed E-state index contributed by atoms with van der Waals surface area (Å²) in [5.41, 5.74) is 0. The number of ketones is 1. The van der Waals surface area contributed by atoms with Crippen LogP contribution in [0.5, 0.6) is 0 Å². The molecule has 3 atom stereocenters. The summed E-state index contributed by atoms with van der Waals surface area (Å²) in [7, 11) is 0. The SMILES string of the molecule is CC1CN(CC(=O)C2CCOC2)CCC1O. The lowest BCUT2D eigenvalue weighted by molar-refractivity contribution is -0.124. The van der Waals surface area contributed by atoms with Crippen LogP contribution in [0.15, 0.2) is 0 Å². The van der Waals surface area contributed by atoms with Crippen molar-refractivity contribution in [3.05, 3.63) is 0 Å². The number of hydrogen-bond acceptors (Lipinski definition) is 4. The van der Waals surface area contributed by atoms with E-state index in [0.29, 0.717) is 18.9 Å². The molecule has 2 saturated heterocycles. The molecule has 2 aliphatic heterocycles. The van der Waals surface area contributed by atoms with Crippen LogP contribution in [0.4, 0.5) is 0 Å². The second-order valence-electron chi connectivity index (χ2n) is 5.10. The first-order valence-electron chi connectivity index (χ1n) is 6.17. The normalized spacial score (nSPS) is 36.5. The Morgan fingerprint density at radius 2 is 2.31 bits per heavy atom. The Hall–Kier alpha value is -0.450. The maximum absolute atomic E-state index is 11.9. The summed E-state index contributed by atoms with van der Waals surface area (Å²) < 4.78 is 5.23. The highest BCUT2D eigenvalue weighted by atomic mass is 16.5. The third-order valence-electron chi connectivity index (χ3n) is 3.71. The van der Waals surface area contributed by atoms with E-state index in [-0.39, 0.29) is 17.9 Å². The van der Waals surface area contributed by atoms with Gasteiger partial charge in [0.1, 0.15) is 0 Å². The number of carbonyl (C=O) groups is 1. The van der Waals surface area contributed by atoms with Gasteiger partial charge in [-0.1, -0.05) is 6.92 Å². The summed E-state index contributed by atoms with van der Waals surface area (Å²) >= 11 is 0. The molecule has 0 saturated carbocycles. The van der Waals surface area contributed by atoms with Crippen molar-refractivity contribution in [3.8, 4) is 0 Å². The molecule has 1 N–H and O–H groups in total. The number of aliphatic hydroxyl groups excluding tert-OH is 1. The highest BCUT2D eigenvalue weighted by Gasteiger charge is 2.29. The van der Waals surface area contributed by atoms with E-state index in [1.807, 2.05) is 6.92 Å². The molecule has 3 unspecified atom stereocenters. The van der Waals surface area contributed by atoms with Crippen LogP contribution in [0.1, 0.15) is 19.8 Å². The average Bonchev–Trinajstić information content (AvgIpc) is 2.77. The zero-order valence-corrected chi connectivity index (χ0v) is 9.89. The van der Waals surface area contributed by atoms with E-state index < -0.39 is 0 Å². The Labute approximate surface area is 96.6 Å². The molecule has 92 valence electrons. The van der Waals surface area contributed by atoms with Crippen molar-refractivity contribution in [2.45, 2.75) is 25.9 Å². The lowest BCUT2D eigenvalue weighted by atomic mass is 9.95. The quantitative estimate of drug-likeness (QED) is 0.753. The minimum absolute atomic E-state index is 0.113. The van der Waals surface area contributed by atoms with E-state index >= 15 is 0 Å². The fraction of sp³-hybridized carbons (Fsp3) is 0.917. The van der Waals surface area contributed by atoms with Gasteiger partial charge in [-0.15, -0.1) is 0 Å². The lowest BCUT2D eigenvalue weighted by Gasteiger charge is -2.34. The zero-order chi connectivity index (χ0) is 11.5. The molecule has 16 heavy (non-hydrogen) atoms. The maximum Gasteiger partial charge on any atom is 0.152 e. The third-order valence-corrected chi connectivity index (χ3v) is 3.71. The molecule has 2 rings (SSSR count). The molecular weight excluding hydrogens is 206 g/mol. The molecule has 0 aromatic heterocycles. The molecule has 0 bridgehead atoms. The van der Waals surface area contributed by atoms with Gasteiger partial charge in [-0.05, 0) is 18.8 Å². The number of aliphatic hydroxyl groups is 1. The van der Waals surface area contributed by atoms with Crippen LogP contribution in [-0.2, 0) is 9.53 Å². The summed E-state index contributed by atoms with van der Waals surface area (Å²) in [6.45, 7) is 5.58. The minimum atomic E-state index is -0.193. The molecule has 0 radical (unpaired) electrons. The van der Waals surface area contributed by atoms with Crippen LogP contribution in [0.25, 0.3) is 0 Å². The molecule has 4 nitrogen and oxygen atoms in total. The highest BCUT2D eigenvalue weighted by Crippen LogP contribution is 2.18. The Balaban J connectivity index is 1.78. The van der Waals surface area contributed by atoms with Crippen molar-refractivity contribution in [3.63, 3.8) is 0 Å². The lowest BCUT2D eigenvalue weighted by Crippen LogP contribution is -2.45. The van der Waals surface area contributed by atoms with Gasteiger partial charge >= 0.3 is 0 Å². The number of carbonyl (C=O) groups excluding carboxylic acids is 1. The standard InChI is InChI=1S/C12H21NO3/c1-9-6-13(4-2-11(9)14)7-12(15)10-3-5-16-8-10/h9-11,14H,2-8H2,1H3. The fourth-order valence-corrected chi connectivity index (χ4v) is 2.50. The third kappa shape index (κ3) is 2.81. The van der Waals surface area contributed by atoms with E-state index in [2.05, 4.69) is 4.90 Å². The van der Waals surface area contributed by atoms with Crippen molar-refractivity contribution >= 4 is 5.78 Å². The first kappa shape index (κ1) is 12.0. The largest absolute Gasteiger partial charge is 0.393 e. The van der Waals surface area contributed by atoms with Crippen LogP contribution in [0.3, 0.4) is 0 Å². The van der Waals surface area contributed by atoms with Crippen molar-refractivity contribution in [1.82, 2.24) is 4.90 Å². The van der Waals surface area contributed by atoms with E-state index in [4.69, 9.17) is 4.74 Å². The molecule has 2 fully saturated rings. The van der Waals surface area contributed by atoms with Gasteiger partial charge in [-0.3, -0.25) is 9.69 Å². The van der Waals surface area contributed by atoms with E-state index in [0.717, 1.165) is 32.5 Å². The van der Waals surface area contributed by atoms with Crippen LogP contribution < -0.4 is 0 Å². The van der Waals surface area contributed by atoms with Gasteiger partial charge in [0.15, 0.2) is 5.78 Å². The number of rotatable bonds is 3. The Morgan fingerprint density at radius 3 is 2.94 bits per heavy atom. The fourth-order valence-electron chi connectivity index (χ4n) is 2.50. The molecule has 0 aromatic carbocycles. The smallest absolute Gasteiger partial charge is 0.152 e. The number of piperidine rings is 1. The molecule has 2 aliphatic rings. The summed E-state index contributed by atoms with van der Waals surface area (Å²) in [6.07, 6.45) is 1.47. The van der Waals surface area contributed by atoms with E-state index in [1.54, 1.807) is 0 Å². The van der Waals surface area contributed by atoms with Crippen molar-refractivity contribution in [2.24, 2.45) is 11.8 Å². The average molecular weight is 227 g/mol. The van der Waals surface area contributed by atoms with Crippen molar-refractivity contribution in [1.29, 1.82) is 0 Å². The molecule has 0 aromatic rings. The highest BCUT2D eigenvalue weighted by molar-refractivity contribution is 5.83. The van der Waals surface area contributed by atoms with Gasteiger partial charge in [-0.2, -0.15) is 0 Å². The van der Waals surface area contributed by atoms with Crippen LogP contribution >= 0.6 is 0 Å². The summed E-state index contributed by atoms with van der Waals surface area (Å²) in [6, 6.07) is 0. The maximum atomic E-state index is 11.9. The van der Waals surface area contributed by atoms with Gasteiger partial charge in [0, 0.05) is 25.6 Å². The topological polar surface area (TPSA) is 49.8 Å². The number of nitrogens with zero attached hydrogens (tertiary/aromatic N) is 1. The Bertz CT molecular complexity index is 251. The molecule has 0 aliphatic carbocycles. The first-order valence-corrected chi connectivity index (χ1v) is 6.17. The predicted octanol–water partition coefficient (Wildman–Crippen LogP) is 0.295. The molecule has 4 heteroatoms. The van der Waals surface area contributed by atoms with Gasteiger partial charge in [-0.25, -0.2) is 0 Å². The predicted molar refractivity (Wildman–Crippen MR) is 60.2 cm³/mol. The minimum Gasteiger partial charge on any atom is -0.393 e. The number of hydrogen-bond donors (Lipinski definition) is 1. The van der Waals surface area contributed by atoms with Gasteiger partial charge in [0.25, 0.3) is 0 Å². The summed E-state index contributed by atoms with van der Waals surface area (Å²) in [5, 5.41) is 9.61. The second-order valence-corrected chi connectivity index (χ2v) is 5.10. The summed E-state index contributed by atoms with van der Waals surface area (Å²) in [5.74, 6) is 0.699. The number of likely N-dealkylation sites (tertiary alicyclic amines) is 1. The second kappa shape index (κ2) is 5.25. The number of Topliss-reactive ketones (excluding diaryl/α,β-unsaturated/α-hetero) is 1. The first-order chi connectivity index (χ1) is 7.66. The molecule has 2 heterocycles. The molecule has 0 amide bonds. The van der Waals surface area contributed by atoms with Gasteiger partial charge in [0.05, 0.1) is 19.3 Å². The van der Waals surface area contributed by atoms with E-state index in [9.17, 15) is 9.90 Å². The van der Waals surface area contributed by atoms with Crippen molar-refractivity contribution < 1.29 is 14.6 Å². The number of ether oxygens (including phenoxy) is 1. The Kier molecular flexibility index (Phi) is 3.95. The van der Waals surface area contributed by atoms with Crippen LogP contribution in [0, 0.1) is 11.8 Å². The van der Waals surface area contributed by atoms with Crippen LogP contribution in [-0.4, -0.2) is 54.7 Å². The molecular formula is C12H21NO3. The van der Waals surface area contributed by atoms with Gasteiger partial charge in [0.2, 0.25) is 0 Å². The van der Waals surface area contributed by atoms with Gasteiger partial charge < -0.3 is 9.84 Å². The monoisotopic (exact) mass is 227 g/mol. The summed E-state index contributed by atoms with van der Waals surface area (Å²) in [4.78, 5) is 14.1. The van der Waals surface area contributed by atoms with Crippen LogP contribution in [0.2, 0.25) is 0 Å². The molecule has 0 spiro atoms. The van der Waals surface area contributed by atoms with E-state index in [1.165, 1.54) is 0 Å². The Morgan fingerprint density at radius 1 is 1.50 bits per heavy atom. The zero-order valence-electron chi connectivity index (χ0n) is 9.89.